The van der Waals surface area contributed by atoms with Gasteiger partial charge in [-0.25, -0.2) is 8.42 Å². The molecule has 0 atom stereocenters. The highest BCUT2D eigenvalue weighted by atomic mass is 32.2. The van der Waals surface area contributed by atoms with Gasteiger partial charge in [0.2, 0.25) is 0 Å². The lowest BCUT2D eigenvalue weighted by atomic mass is 10.2. The molecule has 1 fully saturated rings. The van der Waals surface area contributed by atoms with Crippen molar-refractivity contribution >= 4 is 9.84 Å². The van der Waals surface area contributed by atoms with Gasteiger partial charge in [-0.15, -0.1) is 0 Å². The minimum absolute atomic E-state index is 0.283. The first-order chi connectivity index (χ1) is 9.42. The minimum atomic E-state index is -2.83. The van der Waals surface area contributed by atoms with Gasteiger partial charge in [0.15, 0.2) is 0 Å². The Morgan fingerprint density at radius 2 is 1.90 bits per heavy atom. The number of hydrogen-bond acceptors (Lipinski definition) is 6. The predicted octanol–water partition coefficient (Wildman–Crippen LogP) is 0.535. The van der Waals surface area contributed by atoms with Crippen molar-refractivity contribution in [3.63, 3.8) is 0 Å². The van der Waals surface area contributed by atoms with Crippen LogP contribution in [0.25, 0.3) is 0 Å². The molecule has 7 heteroatoms. The molecule has 0 aliphatic carbocycles. The molecule has 0 saturated carbocycles. The highest BCUT2D eigenvalue weighted by Gasteiger charge is 2.18. The molecular formula is C13H23N3O3S. The lowest BCUT2D eigenvalue weighted by molar-refractivity contribution is 0.125. The van der Waals surface area contributed by atoms with Gasteiger partial charge in [-0.3, -0.25) is 4.90 Å². The minimum Gasteiger partial charge on any atom is -0.361 e. The maximum absolute atomic E-state index is 11.1. The van der Waals surface area contributed by atoms with Gasteiger partial charge in [0.05, 0.1) is 11.4 Å². The second kappa shape index (κ2) is 6.69. The van der Waals surface area contributed by atoms with Crippen LogP contribution in [0.1, 0.15) is 17.9 Å². The zero-order chi connectivity index (χ0) is 14.6. The first-order valence-corrected chi connectivity index (χ1v) is 9.03. The molecule has 1 saturated heterocycles. The average Bonchev–Trinajstić information content (AvgIpc) is 2.75. The van der Waals surface area contributed by atoms with E-state index < -0.39 is 9.84 Å². The SMILES string of the molecule is Cc1cc(CN2CCN(CCCS(C)(=O)=O)CC2)no1. The molecule has 20 heavy (non-hydrogen) atoms. The van der Waals surface area contributed by atoms with Crippen LogP contribution in [0.15, 0.2) is 10.6 Å². The fourth-order valence-corrected chi connectivity index (χ4v) is 3.10. The van der Waals surface area contributed by atoms with Gasteiger partial charge in [0.1, 0.15) is 15.6 Å². The fourth-order valence-electron chi connectivity index (χ4n) is 2.44. The van der Waals surface area contributed by atoms with E-state index in [2.05, 4.69) is 15.0 Å². The van der Waals surface area contributed by atoms with Crippen LogP contribution in [0.4, 0.5) is 0 Å². The lowest BCUT2D eigenvalue weighted by Gasteiger charge is -2.34. The molecule has 0 radical (unpaired) electrons. The predicted molar refractivity (Wildman–Crippen MR) is 77.3 cm³/mol. The summed E-state index contributed by atoms with van der Waals surface area (Å²) in [6.45, 7) is 7.55. The van der Waals surface area contributed by atoms with Gasteiger partial charge in [0, 0.05) is 45.0 Å². The second-order valence-corrected chi connectivity index (χ2v) is 7.79. The molecule has 0 bridgehead atoms. The van der Waals surface area contributed by atoms with Crippen LogP contribution in [0.3, 0.4) is 0 Å². The van der Waals surface area contributed by atoms with Gasteiger partial charge in [-0.2, -0.15) is 0 Å². The number of aromatic nitrogens is 1. The zero-order valence-corrected chi connectivity index (χ0v) is 13.0. The molecule has 6 nitrogen and oxygen atoms in total. The largest absolute Gasteiger partial charge is 0.361 e. The van der Waals surface area contributed by atoms with Gasteiger partial charge in [-0.05, 0) is 19.9 Å². The molecule has 1 aliphatic rings. The third-order valence-corrected chi connectivity index (χ3v) is 4.55. The van der Waals surface area contributed by atoms with Crippen molar-refractivity contribution in [3.05, 3.63) is 17.5 Å². The van der Waals surface area contributed by atoms with Crippen LogP contribution in [-0.2, 0) is 16.4 Å². The van der Waals surface area contributed by atoms with E-state index in [0.717, 1.165) is 57.1 Å². The Morgan fingerprint density at radius 1 is 1.25 bits per heavy atom. The maximum Gasteiger partial charge on any atom is 0.147 e. The van der Waals surface area contributed by atoms with E-state index in [0.29, 0.717) is 0 Å². The molecule has 2 rings (SSSR count). The van der Waals surface area contributed by atoms with Crippen molar-refractivity contribution in [2.45, 2.75) is 19.9 Å². The Hall–Kier alpha value is -0.920. The highest BCUT2D eigenvalue weighted by molar-refractivity contribution is 7.90. The zero-order valence-electron chi connectivity index (χ0n) is 12.2. The average molecular weight is 301 g/mol. The molecule has 1 aromatic heterocycles. The molecular weight excluding hydrogens is 278 g/mol. The van der Waals surface area contributed by atoms with E-state index in [4.69, 9.17) is 4.52 Å². The van der Waals surface area contributed by atoms with E-state index in [1.54, 1.807) is 0 Å². The van der Waals surface area contributed by atoms with Crippen LogP contribution in [0.5, 0.6) is 0 Å². The third-order valence-electron chi connectivity index (χ3n) is 3.52. The molecule has 0 amide bonds. The van der Waals surface area contributed by atoms with E-state index >= 15 is 0 Å². The van der Waals surface area contributed by atoms with Gasteiger partial charge in [-0.1, -0.05) is 5.16 Å². The summed E-state index contributed by atoms with van der Waals surface area (Å²) in [5, 5.41) is 4.01. The van der Waals surface area contributed by atoms with E-state index in [-0.39, 0.29) is 5.75 Å². The molecule has 1 aliphatic heterocycles. The van der Waals surface area contributed by atoms with Crippen molar-refractivity contribution < 1.29 is 12.9 Å². The van der Waals surface area contributed by atoms with E-state index in [9.17, 15) is 8.42 Å². The van der Waals surface area contributed by atoms with Crippen LogP contribution >= 0.6 is 0 Å². The number of nitrogens with zero attached hydrogens (tertiary/aromatic N) is 3. The van der Waals surface area contributed by atoms with Gasteiger partial charge < -0.3 is 9.42 Å². The maximum atomic E-state index is 11.1. The summed E-state index contributed by atoms with van der Waals surface area (Å²) in [7, 11) is -2.83. The summed E-state index contributed by atoms with van der Waals surface area (Å²) >= 11 is 0. The summed E-state index contributed by atoms with van der Waals surface area (Å²) in [5.41, 5.74) is 0.980. The molecule has 0 unspecified atom stereocenters. The Labute approximate surface area is 120 Å². The Bertz CT molecular complexity index is 519. The first-order valence-electron chi connectivity index (χ1n) is 6.97. The third kappa shape index (κ3) is 5.22. The molecule has 114 valence electrons. The molecule has 0 aromatic carbocycles. The monoisotopic (exact) mass is 301 g/mol. The smallest absolute Gasteiger partial charge is 0.147 e. The number of rotatable bonds is 6. The summed E-state index contributed by atoms with van der Waals surface area (Å²) in [4.78, 5) is 4.68. The summed E-state index contributed by atoms with van der Waals surface area (Å²) in [6.07, 6.45) is 2.02. The Kier molecular flexibility index (Phi) is 5.17. The van der Waals surface area contributed by atoms with Crippen LogP contribution in [-0.4, -0.2) is 68.1 Å². The number of hydrogen-bond donors (Lipinski definition) is 0. The normalized spacial score (nSPS) is 18.5. The van der Waals surface area contributed by atoms with Crippen LogP contribution in [0, 0.1) is 6.92 Å². The second-order valence-electron chi connectivity index (χ2n) is 5.53. The molecule has 1 aromatic rings. The molecule has 2 heterocycles. The van der Waals surface area contributed by atoms with Crippen molar-refractivity contribution in [1.82, 2.24) is 15.0 Å². The topological polar surface area (TPSA) is 66.7 Å². The van der Waals surface area contributed by atoms with Crippen molar-refractivity contribution in [3.8, 4) is 0 Å². The van der Waals surface area contributed by atoms with E-state index in [1.165, 1.54) is 6.26 Å². The fraction of sp³-hybridized carbons (Fsp3) is 0.769. The Balaban J connectivity index is 1.67. The van der Waals surface area contributed by atoms with Crippen LogP contribution in [0.2, 0.25) is 0 Å². The highest BCUT2D eigenvalue weighted by Crippen LogP contribution is 2.09. The van der Waals surface area contributed by atoms with Gasteiger partial charge in [0.25, 0.3) is 0 Å². The van der Waals surface area contributed by atoms with Crippen molar-refractivity contribution in [2.75, 3.05) is 44.7 Å². The number of sulfone groups is 1. The quantitative estimate of drug-likeness (QED) is 0.764. The number of aryl methyl sites for hydroxylation is 1. The summed E-state index contributed by atoms with van der Waals surface area (Å²) in [5.74, 6) is 1.13. The van der Waals surface area contributed by atoms with Crippen molar-refractivity contribution in [1.29, 1.82) is 0 Å². The Morgan fingerprint density at radius 3 is 2.45 bits per heavy atom. The lowest BCUT2D eigenvalue weighted by Crippen LogP contribution is -2.46. The summed E-state index contributed by atoms with van der Waals surface area (Å²) < 4.78 is 27.2. The standard InChI is InChI=1S/C13H23N3O3S/c1-12-10-13(14-19-12)11-16-7-5-15(6-8-16)4-3-9-20(2,17)18/h10H,3-9,11H2,1-2H3. The van der Waals surface area contributed by atoms with Crippen LogP contribution < -0.4 is 0 Å². The molecule has 0 spiro atoms. The summed E-state index contributed by atoms with van der Waals surface area (Å²) in [6, 6.07) is 1.97. The van der Waals surface area contributed by atoms with E-state index in [1.807, 2.05) is 13.0 Å². The molecule has 0 N–H and O–H groups in total. The van der Waals surface area contributed by atoms with Gasteiger partial charge >= 0.3 is 0 Å². The van der Waals surface area contributed by atoms with Crippen molar-refractivity contribution in [2.24, 2.45) is 0 Å². The first kappa shape index (κ1) is 15.5. The number of piperazine rings is 1.